The lowest BCUT2D eigenvalue weighted by molar-refractivity contribution is 0.0601. The first kappa shape index (κ1) is 20.3. The van der Waals surface area contributed by atoms with E-state index in [1.165, 1.54) is 7.11 Å². The smallest absolute Gasteiger partial charge is 0.338 e. The summed E-state index contributed by atoms with van der Waals surface area (Å²) in [5.41, 5.74) is 9.96. The zero-order chi connectivity index (χ0) is 21.0. The molecule has 3 aromatic rings. The van der Waals surface area contributed by atoms with Gasteiger partial charge in [0.1, 0.15) is 0 Å². The predicted octanol–water partition coefficient (Wildman–Crippen LogP) is 3.83. The first-order valence-corrected chi connectivity index (χ1v) is 9.61. The van der Waals surface area contributed by atoms with E-state index in [-0.39, 0.29) is 17.5 Å². The molecule has 0 fully saturated rings. The summed E-state index contributed by atoms with van der Waals surface area (Å²) in [6.45, 7) is 2.11. The number of unbranched alkanes of at least 4 members (excludes halogenated alkanes) is 1. The van der Waals surface area contributed by atoms with E-state index < -0.39 is 0 Å². The zero-order valence-corrected chi connectivity index (χ0v) is 16.9. The Morgan fingerprint density at radius 1 is 1.10 bits per heavy atom. The average molecular weight is 391 g/mol. The van der Waals surface area contributed by atoms with E-state index >= 15 is 0 Å². The van der Waals surface area contributed by atoms with Crippen molar-refractivity contribution in [2.24, 2.45) is 7.05 Å². The van der Waals surface area contributed by atoms with Gasteiger partial charge in [0.15, 0.2) is 0 Å². The van der Waals surface area contributed by atoms with Crippen LogP contribution in [0.1, 0.15) is 35.8 Å². The zero-order valence-electron chi connectivity index (χ0n) is 16.9. The Balaban J connectivity index is 2.08. The number of hydrogen-bond acceptors (Lipinski definition) is 5. The molecule has 0 radical (unpaired) electrons. The third-order valence-corrected chi connectivity index (χ3v) is 5.05. The van der Waals surface area contributed by atoms with Crippen molar-refractivity contribution in [1.29, 1.82) is 0 Å². The number of nitrogens with zero attached hydrogens (tertiary/aromatic N) is 2. The van der Waals surface area contributed by atoms with Crippen molar-refractivity contribution in [2.75, 3.05) is 12.8 Å². The van der Waals surface area contributed by atoms with Crippen molar-refractivity contribution in [3.63, 3.8) is 0 Å². The molecule has 2 aromatic carbocycles. The summed E-state index contributed by atoms with van der Waals surface area (Å²) in [5, 5.41) is 0. The molecule has 0 aliphatic carbocycles. The standard InChI is InChI=1S/C23H25N3O3/c1-4-5-10-19-20(21(27)25-23(24)26(19)2)16-13-11-15(12-14-16)17-8-6-7-9-18(17)22(28)29-3/h6-9,11-14H,4-5,10H2,1-3H3,(H2,24,25,27). The Morgan fingerprint density at radius 3 is 2.41 bits per heavy atom. The highest BCUT2D eigenvalue weighted by molar-refractivity contribution is 5.97. The highest BCUT2D eigenvalue weighted by Gasteiger charge is 2.17. The van der Waals surface area contributed by atoms with Crippen molar-refractivity contribution in [3.05, 3.63) is 70.1 Å². The molecule has 0 saturated carbocycles. The second-order valence-electron chi connectivity index (χ2n) is 6.87. The number of anilines is 1. The third kappa shape index (κ3) is 4.06. The topological polar surface area (TPSA) is 87.2 Å². The molecule has 0 bridgehead atoms. The fourth-order valence-electron chi connectivity index (χ4n) is 3.43. The number of benzene rings is 2. The number of nitrogens with two attached hydrogens (primary N) is 1. The number of rotatable bonds is 6. The second kappa shape index (κ2) is 8.73. The van der Waals surface area contributed by atoms with Gasteiger partial charge in [0.2, 0.25) is 5.95 Å². The van der Waals surface area contributed by atoms with Crippen LogP contribution in [-0.4, -0.2) is 22.6 Å². The molecule has 0 unspecified atom stereocenters. The van der Waals surface area contributed by atoms with Gasteiger partial charge in [0.25, 0.3) is 5.56 Å². The predicted molar refractivity (Wildman–Crippen MR) is 115 cm³/mol. The molecule has 0 aliphatic heterocycles. The SMILES string of the molecule is CCCCc1c(-c2ccc(-c3ccccc3C(=O)OC)cc2)c(=O)nc(N)n1C. The van der Waals surface area contributed by atoms with Crippen LogP contribution in [0.5, 0.6) is 0 Å². The summed E-state index contributed by atoms with van der Waals surface area (Å²) in [5.74, 6) is -0.170. The molecule has 150 valence electrons. The summed E-state index contributed by atoms with van der Waals surface area (Å²) in [7, 11) is 3.20. The Bertz CT molecular complexity index is 1090. The van der Waals surface area contributed by atoms with Gasteiger partial charge in [-0.2, -0.15) is 4.98 Å². The number of aromatic nitrogens is 2. The summed E-state index contributed by atoms with van der Waals surface area (Å²) in [6.07, 6.45) is 2.71. The number of nitrogen functional groups attached to an aromatic ring is 1. The lowest BCUT2D eigenvalue weighted by Crippen LogP contribution is -2.22. The van der Waals surface area contributed by atoms with Crippen LogP contribution in [0.2, 0.25) is 0 Å². The summed E-state index contributed by atoms with van der Waals surface area (Å²) < 4.78 is 6.67. The van der Waals surface area contributed by atoms with Gasteiger partial charge < -0.3 is 15.0 Å². The van der Waals surface area contributed by atoms with E-state index in [1.54, 1.807) is 16.7 Å². The van der Waals surface area contributed by atoms with Gasteiger partial charge in [-0.05, 0) is 35.6 Å². The van der Waals surface area contributed by atoms with Gasteiger partial charge >= 0.3 is 5.97 Å². The normalized spacial score (nSPS) is 10.7. The molecule has 0 amide bonds. The van der Waals surface area contributed by atoms with Crippen LogP contribution in [0.25, 0.3) is 22.3 Å². The maximum atomic E-state index is 12.6. The quantitative estimate of drug-likeness (QED) is 0.646. The monoisotopic (exact) mass is 391 g/mol. The van der Waals surface area contributed by atoms with Crippen molar-refractivity contribution >= 4 is 11.9 Å². The molecular weight excluding hydrogens is 366 g/mol. The molecule has 1 aromatic heterocycles. The Kier molecular flexibility index (Phi) is 6.12. The maximum Gasteiger partial charge on any atom is 0.338 e. The van der Waals surface area contributed by atoms with Gasteiger partial charge in [-0.15, -0.1) is 0 Å². The van der Waals surface area contributed by atoms with E-state index in [2.05, 4.69) is 11.9 Å². The third-order valence-electron chi connectivity index (χ3n) is 5.05. The van der Waals surface area contributed by atoms with E-state index in [0.717, 1.165) is 41.6 Å². The minimum atomic E-state index is -0.386. The molecule has 0 aliphatic rings. The van der Waals surface area contributed by atoms with Crippen molar-refractivity contribution < 1.29 is 9.53 Å². The highest BCUT2D eigenvalue weighted by Crippen LogP contribution is 2.28. The summed E-state index contributed by atoms with van der Waals surface area (Å²) in [4.78, 5) is 28.7. The van der Waals surface area contributed by atoms with Gasteiger partial charge in [-0.3, -0.25) is 4.79 Å². The minimum absolute atomic E-state index is 0.216. The average Bonchev–Trinajstić information content (AvgIpc) is 2.75. The number of ether oxygens (including phenoxy) is 1. The van der Waals surface area contributed by atoms with Crippen LogP contribution in [0, 0.1) is 0 Å². The fourth-order valence-corrected chi connectivity index (χ4v) is 3.43. The van der Waals surface area contributed by atoms with Gasteiger partial charge in [-0.25, -0.2) is 4.79 Å². The largest absolute Gasteiger partial charge is 0.465 e. The number of esters is 1. The van der Waals surface area contributed by atoms with Crippen LogP contribution in [0.15, 0.2) is 53.3 Å². The molecule has 0 atom stereocenters. The van der Waals surface area contributed by atoms with E-state index in [1.807, 2.05) is 43.4 Å². The number of hydrogen-bond donors (Lipinski definition) is 1. The fraction of sp³-hybridized carbons (Fsp3) is 0.261. The van der Waals surface area contributed by atoms with Crippen molar-refractivity contribution in [3.8, 4) is 22.3 Å². The Labute approximate surface area is 170 Å². The maximum absolute atomic E-state index is 12.6. The first-order chi connectivity index (χ1) is 14.0. The first-order valence-electron chi connectivity index (χ1n) is 9.61. The number of carbonyl (C=O) groups is 1. The Morgan fingerprint density at radius 2 is 1.76 bits per heavy atom. The molecule has 3 rings (SSSR count). The van der Waals surface area contributed by atoms with Crippen molar-refractivity contribution in [1.82, 2.24) is 9.55 Å². The van der Waals surface area contributed by atoms with Gasteiger partial charge in [0, 0.05) is 12.7 Å². The minimum Gasteiger partial charge on any atom is -0.465 e. The van der Waals surface area contributed by atoms with Crippen LogP contribution in [0.4, 0.5) is 5.95 Å². The Hall–Kier alpha value is -3.41. The summed E-state index contributed by atoms with van der Waals surface area (Å²) in [6, 6.07) is 14.8. The number of carbonyl (C=O) groups excluding carboxylic acids is 1. The highest BCUT2D eigenvalue weighted by atomic mass is 16.5. The molecule has 2 N–H and O–H groups in total. The molecule has 29 heavy (non-hydrogen) atoms. The van der Waals surface area contributed by atoms with Crippen LogP contribution >= 0.6 is 0 Å². The molecular formula is C23H25N3O3. The van der Waals surface area contributed by atoms with E-state index in [9.17, 15) is 9.59 Å². The molecule has 0 saturated heterocycles. The van der Waals surface area contributed by atoms with Gasteiger partial charge in [0.05, 0.1) is 18.2 Å². The second-order valence-corrected chi connectivity index (χ2v) is 6.87. The lowest BCUT2D eigenvalue weighted by atomic mass is 9.96. The molecule has 1 heterocycles. The van der Waals surface area contributed by atoms with E-state index in [0.29, 0.717) is 11.1 Å². The van der Waals surface area contributed by atoms with Gasteiger partial charge in [-0.1, -0.05) is 55.8 Å². The van der Waals surface area contributed by atoms with Crippen molar-refractivity contribution in [2.45, 2.75) is 26.2 Å². The van der Waals surface area contributed by atoms with Crippen LogP contribution < -0.4 is 11.3 Å². The summed E-state index contributed by atoms with van der Waals surface area (Å²) >= 11 is 0. The lowest BCUT2D eigenvalue weighted by Gasteiger charge is -2.16. The number of methoxy groups -OCH3 is 1. The molecule has 6 heteroatoms. The molecule has 0 spiro atoms. The van der Waals surface area contributed by atoms with Crippen LogP contribution in [0.3, 0.4) is 0 Å². The molecule has 6 nitrogen and oxygen atoms in total. The van der Waals surface area contributed by atoms with E-state index in [4.69, 9.17) is 10.5 Å². The van der Waals surface area contributed by atoms with Crippen LogP contribution in [-0.2, 0) is 18.2 Å².